The van der Waals surface area contributed by atoms with Crippen molar-refractivity contribution in [3.63, 3.8) is 0 Å². The van der Waals surface area contributed by atoms with Crippen LogP contribution in [0.4, 0.5) is 5.82 Å². The molecule has 1 aromatic heterocycles. The van der Waals surface area contributed by atoms with Gasteiger partial charge in [-0.25, -0.2) is 4.98 Å². The summed E-state index contributed by atoms with van der Waals surface area (Å²) >= 11 is 0. The fourth-order valence-electron chi connectivity index (χ4n) is 2.01. The van der Waals surface area contributed by atoms with Gasteiger partial charge in [-0.3, -0.25) is 4.79 Å². The van der Waals surface area contributed by atoms with Crippen molar-refractivity contribution >= 4 is 11.7 Å². The smallest absolute Gasteiger partial charge is 0.252 e. The van der Waals surface area contributed by atoms with Crippen LogP contribution in [-0.2, 0) is 0 Å². The van der Waals surface area contributed by atoms with Gasteiger partial charge >= 0.3 is 0 Å². The highest BCUT2D eigenvalue weighted by molar-refractivity contribution is 5.93. The predicted molar refractivity (Wildman–Crippen MR) is 72.7 cm³/mol. The second-order valence-corrected chi connectivity index (χ2v) is 5.00. The molecule has 0 atom stereocenters. The molecule has 1 aromatic rings. The van der Waals surface area contributed by atoms with Crippen molar-refractivity contribution in [3.05, 3.63) is 23.9 Å². The van der Waals surface area contributed by atoms with Crippen LogP contribution in [0.15, 0.2) is 18.3 Å². The third-order valence-corrected chi connectivity index (χ3v) is 3.71. The molecule has 1 aliphatic rings. The van der Waals surface area contributed by atoms with Crippen LogP contribution in [0.25, 0.3) is 0 Å². The number of carbonyl (C=O) groups is 1. The molecular weight excluding hydrogens is 226 g/mol. The van der Waals surface area contributed by atoms with E-state index in [4.69, 9.17) is 0 Å². The van der Waals surface area contributed by atoms with Gasteiger partial charge in [-0.15, -0.1) is 0 Å². The summed E-state index contributed by atoms with van der Waals surface area (Å²) in [5.41, 5.74) is 1.11. The summed E-state index contributed by atoms with van der Waals surface area (Å²) < 4.78 is 0. The number of hydrogen-bond donors (Lipinski definition) is 2. The van der Waals surface area contributed by atoms with Gasteiger partial charge in [0.1, 0.15) is 5.82 Å². The van der Waals surface area contributed by atoms with E-state index in [2.05, 4.69) is 22.5 Å². The van der Waals surface area contributed by atoms with Gasteiger partial charge in [0.2, 0.25) is 0 Å². The number of pyridine rings is 1. The zero-order chi connectivity index (χ0) is 13.0. The largest absolute Gasteiger partial charge is 0.370 e. The first-order valence-corrected chi connectivity index (χ1v) is 6.67. The third-order valence-electron chi connectivity index (χ3n) is 3.71. The Morgan fingerprint density at radius 1 is 1.39 bits per heavy atom. The maximum Gasteiger partial charge on any atom is 0.252 e. The van der Waals surface area contributed by atoms with Gasteiger partial charge in [0.25, 0.3) is 5.91 Å². The van der Waals surface area contributed by atoms with E-state index < -0.39 is 0 Å². The Labute approximate surface area is 108 Å². The highest BCUT2D eigenvalue weighted by atomic mass is 16.1. The molecular formula is C14H21N3O. The summed E-state index contributed by atoms with van der Waals surface area (Å²) in [5.74, 6) is 0.784. The molecule has 4 heteroatoms. The minimum absolute atomic E-state index is 0.0660. The number of aromatic nitrogens is 1. The maximum absolute atomic E-state index is 11.6. The summed E-state index contributed by atoms with van der Waals surface area (Å²) in [5, 5.41) is 6.11. The van der Waals surface area contributed by atoms with E-state index in [1.807, 2.05) is 19.1 Å². The summed E-state index contributed by atoms with van der Waals surface area (Å²) in [7, 11) is 0. The highest BCUT2D eigenvalue weighted by Gasteiger charge is 2.40. The molecule has 0 aromatic carbocycles. The molecule has 98 valence electrons. The normalized spacial score (nSPS) is 16.1. The fourth-order valence-corrected chi connectivity index (χ4v) is 2.01. The van der Waals surface area contributed by atoms with E-state index in [0.29, 0.717) is 17.5 Å². The second kappa shape index (κ2) is 5.38. The fraction of sp³-hybridized carbons (Fsp3) is 0.571. The molecule has 0 aliphatic heterocycles. The van der Waals surface area contributed by atoms with Gasteiger partial charge in [-0.1, -0.05) is 6.92 Å². The van der Waals surface area contributed by atoms with Crippen LogP contribution in [0.1, 0.15) is 43.5 Å². The number of rotatable bonds is 6. The van der Waals surface area contributed by atoms with Gasteiger partial charge in [0.05, 0.1) is 5.56 Å². The number of amides is 1. The standard InChI is InChI=1S/C14H21N3O/c1-3-14(7-8-14)10-17-12-6-5-11(9-16-12)13(18)15-4-2/h5-6,9H,3-4,7-8,10H2,1-2H3,(H,15,18)(H,16,17). The van der Waals surface area contributed by atoms with Crippen molar-refractivity contribution in [2.24, 2.45) is 5.41 Å². The number of carbonyl (C=O) groups excluding carboxylic acids is 1. The lowest BCUT2D eigenvalue weighted by Gasteiger charge is -2.13. The van der Waals surface area contributed by atoms with E-state index in [1.54, 1.807) is 6.20 Å². The average molecular weight is 247 g/mol. The van der Waals surface area contributed by atoms with Gasteiger partial charge in [0, 0.05) is 19.3 Å². The van der Waals surface area contributed by atoms with Gasteiger partial charge in [0.15, 0.2) is 0 Å². The first-order chi connectivity index (χ1) is 8.69. The van der Waals surface area contributed by atoms with Gasteiger partial charge in [-0.05, 0) is 43.7 Å². The summed E-state index contributed by atoms with van der Waals surface area (Å²) in [6.07, 6.45) is 5.47. The average Bonchev–Trinajstić information content (AvgIpc) is 3.18. The third kappa shape index (κ3) is 3.00. The molecule has 1 amide bonds. The molecule has 1 fully saturated rings. The van der Waals surface area contributed by atoms with Crippen molar-refractivity contribution in [2.45, 2.75) is 33.1 Å². The maximum atomic E-state index is 11.6. The number of nitrogens with one attached hydrogen (secondary N) is 2. The van der Waals surface area contributed by atoms with Crippen molar-refractivity contribution in [2.75, 3.05) is 18.4 Å². The zero-order valence-corrected chi connectivity index (χ0v) is 11.1. The lowest BCUT2D eigenvalue weighted by molar-refractivity contribution is 0.0955. The molecule has 0 saturated heterocycles. The summed E-state index contributed by atoms with van der Waals surface area (Å²) in [6, 6.07) is 3.68. The Kier molecular flexibility index (Phi) is 3.84. The molecule has 4 nitrogen and oxygen atoms in total. The number of hydrogen-bond acceptors (Lipinski definition) is 3. The topological polar surface area (TPSA) is 54.0 Å². The molecule has 0 spiro atoms. The van der Waals surface area contributed by atoms with Gasteiger partial charge in [-0.2, -0.15) is 0 Å². The van der Waals surface area contributed by atoms with Crippen molar-refractivity contribution < 1.29 is 4.79 Å². The van der Waals surface area contributed by atoms with Crippen LogP contribution in [0.3, 0.4) is 0 Å². The molecule has 1 saturated carbocycles. The number of nitrogens with zero attached hydrogens (tertiary/aromatic N) is 1. The van der Waals surface area contributed by atoms with Gasteiger partial charge < -0.3 is 10.6 Å². The highest BCUT2D eigenvalue weighted by Crippen LogP contribution is 2.48. The van der Waals surface area contributed by atoms with Crippen LogP contribution >= 0.6 is 0 Å². The molecule has 1 heterocycles. The molecule has 18 heavy (non-hydrogen) atoms. The van der Waals surface area contributed by atoms with E-state index in [0.717, 1.165) is 12.4 Å². The lowest BCUT2D eigenvalue weighted by atomic mass is 10.0. The monoisotopic (exact) mass is 247 g/mol. The van der Waals surface area contributed by atoms with Crippen LogP contribution in [0.5, 0.6) is 0 Å². The van der Waals surface area contributed by atoms with Crippen LogP contribution in [-0.4, -0.2) is 24.0 Å². The molecule has 0 unspecified atom stereocenters. The Morgan fingerprint density at radius 3 is 2.67 bits per heavy atom. The van der Waals surface area contributed by atoms with E-state index >= 15 is 0 Å². The molecule has 2 N–H and O–H groups in total. The van der Waals surface area contributed by atoms with Crippen molar-refractivity contribution in [1.29, 1.82) is 0 Å². The van der Waals surface area contributed by atoms with Crippen LogP contribution in [0, 0.1) is 5.41 Å². The molecule has 0 bridgehead atoms. The first-order valence-electron chi connectivity index (χ1n) is 6.67. The Bertz CT molecular complexity index is 410. The molecule has 2 rings (SSSR count). The summed E-state index contributed by atoms with van der Waals surface area (Å²) in [6.45, 7) is 5.76. The van der Waals surface area contributed by atoms with Crippen molar-refractivity contribution in [3.8, 4) is 0 Å². The quantitative estimate of drug-likeness (QED) is 0.811. The molecule has 1 aliphatic carbocycles. The molecule has 0 radical (unpaired) electrons. The van der Waals surface area contributed by atoms with E-state index in [9.17, 15) is 4.79 Å². The Morgan fingerprint density at radius 2 is 2.17 bits per heavy atom. The van der Waals surface area contributed by atoms with Crippen molar-refractivity contribution in [1.82, 2.24) is 10.3 Å². The first kappa shape index (κ1) is 12.9. The van der Waals surface area contributed by atoms with E-state index in [-0.39, 0.29) is 5.91 Å². The number of anilines is 1. The van der Waals surface area contributed by atoms with Crippen LogP contribution in [0.2, 0.25) is 0 Å². The zero-order valence-electron chi connectivity index (χ0n) is 11.1. The SMILES string of the molecule is CCNC(=O)c1ccc(NCC2(CC)CC2)nc1. The van der Waals surface area contributed by atoms with Crippen LogP contribution < -0.4 is 10.6 Å². The summed E-state index contributed by atoms with van der Waals surface area (Å²) in [4.78, 5) is 15.8. The lowest BCUT2D eigenvalue weighted by Crippen LogP contribution is -2.22. The minimum Gasteiger partial charge on any atom is -0.370 e. The Balaban J connectivity index is 1.89. The van der Waals surface area contributed by atoms with E-state index in [1.165, 1.54) is 19.3 Å². The predicted octanol–water partition coefficient (Wildman–Crippen LogP) is 2.43. The second-order valence-electron chi connectivity index (χ2n) is 5.00. The minimum atomic E-state index is -0.0660. The Hall–Kier alpha value is -1.58.